The number of aryl methyl sites for hydroxylation is 1. The number of ether oxygens (including phenoxy) is 1. The third-order valence-electron chi connectivity index (χ3n) is 2.58. The summed E-state index contributed by atoms with van der Waals surface area (Å²) >= 11 is 0. The first kappa shape index (κ1) is 9.06. The first-order chi connectivity index (χ1) is 6.68. The van der Waals surface area contributed by atoms with E-state index in [2.05, 4.69) is 0 Å². The molecule has 14 heavy (non-hydrogen) atoms. The molecule has 3 heteroatoms. The van der Waals surface area contributed by atoms with Gasteiger partial charge in [-0.15, -0.1) is 0 Å². The summed E-state index contributed by atoms with van der Waals surface area (Å²) in [6.45, 7) is 2.50. The predicted molar refractivity (Wildman–Crippen MR) is 53.0 cm³/mol. The SMILES string of the molecule is Cc1ccc([C@H]2COC(=O)N2C)cc1. The van der Waals surface area contributed by atoms with Crippen LogP contribution in [0.5, 0.6) is 0 Å². The molecule has 74 valence electrons. The Morgan fingerprint density at radius 2 is 2.00 bits per heavy atom. The van der Waals surface area contributed by atoms with Crippen LogP contribution in [0.3, 0.4) is 0 Å². The highest BCUT2D eigenvalue weighted by Crippen LogP contribution is 2.25. The molecule has 2 rings (SSSR count). The second kappa shape index (κ2) is 3.33. The van der Waals surface area contributed by atoms with Gasteiger partial charge in [0.05, 0.1) is 6.04 Å². The molecule has 0 bridgehead atoms. The second-order valence-electron chi connectivity index (χ2n) is 3.61. The van der Waals surface area contributed by atoms with Crippen LogP contribution in [0.2, 0.25) is 0 Å². The summed E-state index contributed by atoms with van der Waals surface area (Å²) in [6.07, 6.45) is -0.240. The molecule has 0 radical (unpaired) electrons. The van der Waals surface area contributed by atoms with Crippen LogP contribution in [0.15, 0.2) is 24.3 Å². The van der Waals surface area contributed by atoms with Gasteiger partial charge in [0.25, 0.3) is 0 Å². The molecular weight excluding hydrogens is 178 g/mol. The second-order valence-corrected chi connectivity index (χ2v) is 3.61. The molecule has 0 N–H and O–H groups in total. The number of hydrogen-bond acceptors (Lipinski definition) is 2. The van der Waals surface area contributed by atoms with Gasteiger partial charge in [-0.25, -0.2) is 4.79 Å². The van der Waals surface area contributed by atoms with Crippen molar-refractivity contribution in [1.29, 1.82) is 0 Å². The fraction of sp³-hybridized carbons (Fsp3) is 0.364. The zero-order valence-corrected chi connectivity index (χ0v) is 8.36. The minimum absolute atomic E-state index is 0.0723. The summed E-state index contributed by atoms with van der Waals surface area (Å²) in [4.78, 5) is 12.8. The van der Waals surface area contributed by atoms with E-state index in [4.69, 9.17) is 4.74 Å². The van der Waals surface area contributed by atoms with Crippen LogP contribution in [0.1, 0.15) is 17.2 Å². The number of nitrogens with zero attached hydrogens (tertiary/aromatic N) is 1. The van der Waals surface area contributed by atoms with Gasteiger partial charge in [-0.3, -0.25) is 0 Å². The van der Waals surface area contributed by atoms with Crippen molar-refractivity contribution in [3.05, 3.63) is 35.4 Å². The van der Waals surface area contributed by atoms with Crippen molar-refractivity contribution >= 4 is 6.09 Å². The predicted octanol–water partition coefficient (Wildman–Crippen LogP) is 2.12. The number of carbonyl (C=O) groups is 1. The molecule has 1 fully saturated rings. The Morgan fingerprint density at radius 3 is 2.50 bits per heavy atom. The number of amides is 1. The first-order valence-electron chi connectivity index (χ1n) is 4.64. The number of carbonyl (C=O) groups excluding carboxylic acids is 1. The summed E-state index contributed by atoms with van der Waals surface area (Å²) in [5.41, 5.74) is 2.35. The maximum atomic E-state index is 11.1. The van der Waals surface area contributed by atoms with E-state index in [1.165, 1.54) is 5.56 Å². The van der Waals surface area contributed by atoms with E-state index < -0.39 is 0 Å². The van der Waals surface area contributed by atoms with Gasteiger partial charge in [0, 0.05) is 7.05 Å². The van der Waals surface area contributed by atoms with Crippen LogP contribution in [0.25, 0.3) is 0 Å². The highest BCUT2D eigenvalue weighted by Gasteiger charge is 2.30. The van der Waals surface area contributed by atoms with Crippen molar-refractivity contribution < 1.29 is 9.53 Å². The third-order valence-corrected chi connectivity index (χ3v) is 2.58. The highest BCUT2D eigenvalue weighted by atomic mass is 16.6. The lowest BCUT2D eigenvalue weighted by Crippen LogP contribution is -2.22. The van der Waals surface area contributed by atoms with Gasteiger partial charge in [0.1, 0.15) is 6.61 Å². The monoisotopic (exact) mass is 191 g/mol. The molecule has 1 aliphatic heterocycles. The van der Waals surface area contributed by atoms with Crippen LogP contribution < -0.4 is 0 Å². The van der Waals surface area contributed by atoms with E-state index in [0.717, 1.165) is 5.56 Å². The van der Waals surface area contributed by atoms with Crippen molar-refractivity contribution in [3.63, 3.8) is 0 Å². The van der Waals surface area contributed by atoms with E-state index in [0.29, 0.717) is 6.61 Å². The lowest BCUT2D eigenvalue weighted by molar-refractivity contribution is 0.163. The van der Waals surface area contributed by atoms with E-state index in [-0.39, 0.29) is 12.1 Å². The number of benzene rings is 1. The van der Waals surface area contributed by atoms with E-state index >= 15 is 0 Å². The molecule has 0 spiro atoms. The smallest absolute Gasteiger partial charge is 0.410 e. The van der Waals surface area contributed by atoms with Crippen LogP contribution in [0, 0.1) is 6.92 Å². The molecule has 1 atom stereocenters. The lowest BCUT2D eigenvalue weighted by atomic mass is 10.1. The maximum absolute atomic E-state index is 11.1. The van der Waals surface area contributed by atoms with Gasteiger partial charge in [-0.1, -0.05) is 29.8 Å². The minimum Gasteiger partial charge on any atom is -0.447 e. The van der Waals surface area contributed by atoms with Crippen molar-refractivity contribution in [2.24, 2.45) is 0 Å². The molecule has 3 nitrogen and oxygen atoms in total. The number of cyclic esters (lactones) is 1. The average molecular weight is 191 g/mol. The van der Waals surface area contributed by atoms with Crippen molar-refractivity contribution in [2.45, 2.75) is 13.0 Å². The Kier molecular flexibility index (Phi) is 2.15. The quantitative estimate of drug-likeness (QED) is 0.680. The third kappa shape index (κ3) is 1.45. The van der Waals surface area contributed by atoms with E-state index in [1.807, 2.05) is 31.2 Å². The summed E-state index contributed by atoms with van der Waals surface area (Å²) in [5, 5.41) is 0. The normalized spacial score (nSPS) is 21.1. The van der Waals surface area contributed by atoms with Gasteiger partial charge >= 0.3 is 6.09 Å². The zero-order valence-electron chi connectivity index (χ0n) is 8.36. The minimum atomic E-state index is -0.240. The molecule has 1 heterocycles. The van der Waals surface area contributed by atoms with Crippen LogP contribution in [-0.4, -0.2) is 24.6 Å². The molecule has 0 saturated carbocycles. The number of rotatable bonds is 1. The zero-order chi connectivity index (χ0) is 10.1. The van der Waals surface area contributed by atoms with Crippen molar-refractivity contribution in [2.75, 3.05) is 13.7 Å². The summed E-state index contributed by atoms with van der Waals surface area (Å²) in [7, 11) is 1.76. The molecule has 1 aromatic carbocycles. The highest BCUT2D eigenvalue weighted by molar-refractivity contribution is 5.70. The van der Waals surface area contributed by atoms with E-state index in [1.54, 1.807) is 11.9 Å². The molecule has 0 aliphatic carbocycles. The largest absolute Gasteiger partial charge is 0.447 e. The average Bonchev–Trinajstić information content (AvgIpc) is 2.50. The van der Waals surface area contributed by atoms with Crippen LogP contribution in [0.4, 0.5) is 4.79 Å². The van der Waals surface area contributed by atoms with Gasteiger partial charge in [0.2, 0.25) is 0 Å². The topological polar surface area (TPSA) is 29.5 Å². The Morgan fingerprint density at radius 1 is 1.36 bits per heavy atom. The first-order valence-corrected chi connectivity index (χ1v) is 4.64. The maximum Gasteiger partial charge on any atom is 0.410 e. The summed E-state index contributed by atoms with van der Waals surface area (Å²) < 4.78 is 4.95. The molecule has 1 aliphatic rings. The molecule has 0 unspecified atom stereocenters. The molecule has 1 aromatic rings. The van der Waals surface area contributed by atoms with Gasteiger partial charge in [0.15, 0.2) is 0 Å². The Bertz CT molecular complexity index is 345. The van der Waals surface area contributed by atoms with Crippen LogP contribution >= 0.6 is 0 Å². The summed E-state index contributed by atoms with van der Waals surface area (Å²) in [5.74, 6) is 0. The number of likely N-dealkylation sites (N-methyl/N-ethyl adjacent to an activating group) is 1. The van der Waals surface area contributed by atoms with Gasteiger partial charge in [-0.2, -0.15) is 0 Å². The van der Waals surface area contributed by atoms with Crippen molar-refractivity contribution in [1.82, 2.24) is 4.90 Å². The Labute approximate surface area is 83.3 Å². The molecular formula is C11H13NO2. The fourth-order valence-electron chi connectivity index (χ4n) is 1.60. The van der Waals surface area contributed by atoms with Crippen LogP contribution in [-0.2, 0) is 4.74 Å². The van der Waals surface area contributed by atoms with Crippen molar-refractivity contribution in [3.8, 4) is 0 Å². The van der Waals surface area contributed by atoms with Gasteiger partial charge in [-0.05, 0) is 12.5 Å². The number of hydrogen-bond donors (Lipinski definition) is 0. The molecule has 0 aromatic heterocycles. The fourth-order valence-corrected chi connectivity index (χ4v) is 1.60. The molecule has 1 saturated heterocycles. The summed E-state index contributed by atoms with van der Waals surface area (Å²) in [6, 6.07) is 8.25. The van der Waals surface area contributed by atoms with Gasteiger partial charge < -0.3 is 9.64 Å². The van der Waals surface area contributed by atoms with E-state index in [9.17, 15) is 4.79 Å². The lowest BCUT2D eigenvalue weighted by Gasteiger charge is -2.16. The standard InChI is InChI=1S/C11H13NO2/c1-8-3-5-9(6-4-8)10-7-14-11(13)12(10)2/h3-6,10H,7H2,1-2H3/t10-/m1/s1. The Balaban J connectivity index is 2.23. The Hall–Kier alpha value is -1.51. The molecule has 1 amide bonds.